The van der Waals surface area contributed by atoms with Crippen LogP contribution in [0, 0.1) is 0 Å². The van der Waals surface area contributed by atoms with Crippen LogP contribution in [-0.2, 0) is 14.8 Å². The van der Waals surface area contributed by atoms with Crippen molar-refractivity contribution in [3.05, 3.63) is 59.1 Å². The number of aliphatic carboxylic acids is 1. The van der Waals surface area contributed by atoms with Crippen molar-refractivity contribution in [3.8, 4) is 0 Å². The van der Waals surface area contributed by atoms with Crippen LogP contribution in [0.2, 0.25) is 5.02 Å². The molecule has 0 spiro atoms. The molecule has 8 nitrogen and oxygen atoms in total. The third-order valence-corrected chi connectivity index (χ3v) is 4.55. The van der Waals surface area contributed by atoms with E-state index in [4.69, 9.17) is 21.8 Å². The van der Waals surface area contributed by atoms with Crippen LogP contribution in [0.4, 0.5) is 0 Å². The molecule has 0 saturated heterocycles. The molecule has 0 fully saturated rings. The Hall–Kier alpha value is -2.65. The SMILES string of the molecule is O=C(O)C(O)=CC(=O)c1ccnn1S(=O)(=O)c1ccc(Cl)cc1. The fourth-order valence-electron chi connectivity index (χ4n) is 1.62. The van der Waals surface area contributed by atoms with E-state index >= 15 is 0 Å². The number of hydrogen-bond donors (Lipinski definition) is 2. The number of carbonyl (C=O) groups is 2. The van der Waals surface area contributed by atoms with Crippen molar-refractivity contribution < 1.29 is 28.2 Å². The number of allylic oxidation sites excluding steroid dienone is 1. The molecule has 1 aromatic heterocycles. The van der Waals surface area contributed by atoms with Gasteiger partial charge in [-0.3, -0.25) is 4.79 Å². The summed E-state index contributed by atoms with van der Waals surface area (Å²) in [5.41, 5.74) is -0.423. The zero-order valence-electron chi connectivity index (χ0n) is 11.2. The van der Waals surface area contributed by atoms with Crippen molar-refractivity contribution >= 4 is 33.4 Å². The second-order valence-corrected chi connectivity index (χ2v) is 6.42. The van der Waals surface area contributed by atoms with Gasteiger partial charge in [-0.15, -0.1) is 4.09 Å². The van der Waals surface area contributed by atoms with E-state index in [1.165, 1.54) is 24.3 Å². The van der Waals surface area contributed by atoms with Crippen LogP contribution in [0.3, 0.4) is 0 Å². The van der Waals surface area contributed by atoms with Gasteiger partial charge in [0.2, 0.25) is 11.5 Å². The third-order valence-electron chi connectivity index (χ3n) is 2.69. The number of rotatable bonds is 5. The number of halogens is 1. The number of aliphatic hydroxyl groups excluding tert-OH is 1. The number of hydrogen-bond acceptors (Lipinski definition) is 6. The van der Waals surface area contributed by atoms with Crippen LogP contribution in [0.25, 0.3) is 0 Å². The number of carboxylic acids is 1. The summed E-state index contributed by atoms with van der Waals surface area (Å²) in [6.07, 6.45) is 1.46. The molecular weight excluding hydrogens is 348 g/mol. The number of carboxylic acid groups (broad SMARTS) is 1. The predicted molar refractivity (Wildman–Crippen MR) is 78.9 cm³/mol. The van der Waals surface area contributed by atoms with Gasteiger partial charge >= 0.3 is 5.97 Å². The van der Waals surface area contributed by atoms with E-state index in [1.54, 1.807) is 0 Å². The molecule has 0 radical (unpaired) electrons. The molecule has 23 heavy (non-hydrogen) atoms. The molecule has 1 heterocycles. The first-order valence-corrected chi connectivity index (χ1v) is 7.79. The Bertz CT molecular complexity index is 899. The van der Waals surface area contributed by atoms with E-state index in [0.29, 0.717) is 15.2 Å². The molecule has 0 aliphatic rings. The van der Waals surface area contributed by atoms with Crippen molar-refractivity contribution in [2.45, 2.75) is 4.90 Å². The molecular formula is C13H9ClN2O6S. The minimum atomic E-state index is -4.18. The number of aliphatic hydroxyl groups is 1. The number of benzene rings is 1. The smallest absolute Gasteiger partial charge is 0.371 e. The van der Waals surface area contributed by atoms with Crippen LogP contribution in [0.1, 0.15) is 10.5 Å². The lowest BCUT2D eigenvalue weighted by Gasteiger charge is -2.07. The van der Waals surface area contributed by atoms with Crippen molar-refractivity contribution in [3.63, 3.8) is 0 Å². The number of aromatic nitrogens is 2. The average molecular weight is 357 g/mol. The zero-order chi connectivity index (χ0) is 17.2. The van der Waals surface area contributed by atoms with Gasteiger partial charge in [-0.05, 0) is 30.3 Å². The maximum absolute atomic E-state index is 12.5. The Balaban J connectivity index is 2.49. The summed E-state index contributed by atoms with van der Waals surface area (Å²) in [5, 5.41) is 21.5. The first kappa shape index (κ1) is 16.7. The minimum absolute atomic E-state index is 0.161. The van der Waals surface area contributed by atoms with E-state index in [9.17, 15) is 18.0 Å². The van der Waals surface area contributed by atoms with Gasteiger partial charge in [0.25, 0.3) is 10.0 Å². The van der Waals surface area contributed by atoms with Gasteiger partial charge in [-0.2, -0.15) is 13.5 Å². The molecule has 10 heteroatoms. The summed E-state index contributed by atoms with van der Waals surface area (Å²) >= 11 is 5.69. The highest BCUT2D eigenvalue weighted by Crippen LogP contribution is 2.18. The van der Waals surface area contributed by atoms with Crippen molar-refractivity contribution in [1.29, 1.82) is 0 Å². The average Bonchev–Trinajstić information content (AvgIpc) is 2.97. The summed E-state index contributed by atoms with van der Waals surface area (Å²) < 4.78 is 25.4. The van der Waals surface area contributed by atoms with Crippen LogP contribution in [0.15, 0.2) is 53.3 Å². The molecule has 1 aromatic carbocycles. The first-order chi connectivity index (χ1) is 10.7. The van der Waals surface area contributed by atoms with Gasteiger partial charge in [-0.1, -0.05) is 11.6 Å². The molecule has 120 valence electrons. The maximum Gasteiger partial charge on any atom is 0.371 e. The normalized spacial score (nSPS) is 12.1. The van der Waals surface area contributed by atoms with Crippen molar-refractivity contribution in [1.82, 2.24) is 9.19 Å². The highest BCUT2D eigenvalue weighted by atomic mass is 35.5. The summed E-state index contributed by atoms with van der Waals surface area (Å²) in [6, 6.07) is 6.27. The minimum Gasteiger partial charge on any atom is -0.502 e. The number of carbonyl (C=O) groups excluding carboxylic acids is 1. The second-order valence-electron chi connectivity index (χ2n) is 4.22. The Kier molecular flexibility index (Phi) is 4.52. The highest BCUT2D eigenvalue weighted by molar-refractivity contribution is 7.89. The van der Waals surface area contributed by atoms with Crippen molar-refractivity contribution in [2.24, 2.45) is 0 Å². The Morgan fingerprint density at radius 3 is 2.30 bits per heavy atom. The lowest BCUT2D eigenvalue weighted by molar-refractivity contribution is -0.135. The third kappa shape index (κ3) is 3.41. The highest BCUT2D eigenvalue weighted by Gasteiger charge is 2.24. The van der Waals surface area contributed by atoms with E-state index in [1.807, 2.05) is 0 Å². The standard InChI is InChI=1S/C13H9ClN2O6S/c14-8-1-3-9(4-2-8)23(21,22)16-10(5-6-15-16)11(17)7-12(18)13(19)20/h1-7,18H,(H,19,20). The monoisotopic (exact) mass is 356 g/mol. The van der Waals surface area contributed by atoms with Crippen LogP contribution >= 0.6 is 11.6 Å². The lowest BCUT2D eigenvalue weighted by Crippen LogP contribution is -2.19. The van der Waals surface area contributed by atoms with Crippen molar-refractivity contribution in [2.75, 3.05) is 0 Å². The number of ketones is 1. The lowest BCUT2D eigenvalue weighted by atomic mass is 10.2. The van der Waals surface area contributed by atoms with Crippen LogP contribution in [0.5, 0.6) is 0 Å². The van der Waals surface area contributed by atoms with E-state index in [0.717, 1.165) is 12.3 Å². The molecule has 0 saturated carbocycles. The second kappa shape index (κ2) is 6.23. The molecule has 0 aliphatic carbocycles. The van der Waals surface area contributed by atoms with Gasteiger partial charge in [0.15, 0.2) is 0 Å². The quantitative estimate of drug-likeness (QED) is 0.472. The van der Waals surface area contributed by atoms with Gasteiger partial charge in [0, 0.05) is 11.1 Å². The van der Waals surface area contributed by atoms with Crippen LogP contribution in [-0.4, -0.2) is 39.6 Å². The molecule has 0 bridgehead atoms. The van der Waals surface area contributed by atoms with Crippen LogP contribution < -0.4 is 0 Å². The molecule has 0 unspecified atom stereocenters. The fourth-order valence-corrected chi connectivity index (χ4v) is 3.02. The molecule has 2 aromatic rings. The molecule has 0 aliphatic heterocycles. The summed E-state index contributed by atoms with van der Waals surface area (Å²) in [7, 11) is -4.18. The topological polar surface area (TPSA) is 127 Å². The zero-order valence-corrected chi connectivity index (χ0v) is 12.8. The van der Waals surface area contributed by atoms with E-state index < -0.39 is 33.2 Å². The maximum atomic E-state index is 12.5. The summed E-state index contributed by atoms with van der Waals surface area (Å²) in [4.78, 5) is 22.3. The van der Waals surface area contributed by atoms with Gasteiger partial charge < -0.3 is 10.2 Å². The largest absolute Gasteiger partial charge is 0.502 e. The van der Waals surface area contributed by atoms with Gasteiger partial charge in [-0.25, -0.2) is 4.79 Å². The van der Waals surface area contributed by atoms with Gasteiger partial charge in [0.1, 0.15) is 5.69 Å². The molecule has 0 atom stereocenters. The Labute approximate surface area is 135 Å². The Morgan fingerprint density at radius 1 is 1.13 bits per heavy atom. The fraction of sp³-hybridized carbons (Fsp3) is 0. The summed E-state index contributed by atoms with van der Waals surface area (Å²) in [6.45, 7) is 0. The molecule has 0 amide bonds. The van der Waals surface area contributed by atoms with Gasteiger partial charge in [0.05, 0.1) is 11.1 Å². The van der Waals surface area contributed by atoms with E-state index in [2.05, 4.69) is 5.10 Å². The first-order valence-electron chi connectivity index (χ1n) is 5.97. The van der Waals surface area contributed by atoms with E-state index in [-0.39, 0.29) is 4.90 Å². The molecule has 2 N–H and O–H groups in total. The summed E-state index contributed by atoms with van der Waals surface area (Å²) in [5.74, 6) is -3.96. The predicted octanol–water partition coefficient (Wildman–Crippen LogP) is 1.48. The Morgan fingerprint density at radius 2 is 1.74 bits per heavy atom. The molecule has 2 rings (SSSR count). The number of nitrogens with zero attached hydrogens (tertiary/aromatic N) is 2.